The van der Waals surface area contributed by atoms with Gasteiger partial charge in [-0.2, -0.15) is 0 Å². The van der Waals surface area contributed by atoms with Gasteiger partial charge in [0.05, 0.1) is 17.3 Å². The third-order valence-corrected chi connectivity index (χ3v) is 5.12. The summed E-state index contributed by atoms with van der Waals surface area (Å²) >= 11 is 8.69. The lowest BCUT2D eigenvalue weighted by molar-refractivity contribution is 0.0975. The summed E-state index contributed by atoms with van der Waals surface area (Å²) in [5, 5.41) is 8.45. The van der Waals surface area contributed by atoms with Crippen LogP contribution in [0.5, 0.6) is 5.75 Å². The molecule has 0 bridgehead atoms. The molecule has 1 heterocycles. The Hall–Kier alpha value is -3.17. The Labute approximate surface area is 199 Å². The highest BCUT2D eigenvalue weighted by molar-refractivity contribution is 9.10. The highest BCUT2D eigenvalue weighted by Gasteiger charge is 2.12. The minimum Gasteiger partial charge on any atom is -0.492 e. The number of carbonyl (C=O) groups is 2. The van der Waals surface area contributed by atoms with Crippen LogP contribution >= 0.6 is 28.1 Å². The largest absolute Gasteiger partial charge is 0.492 e. The Morgan fingerprint density at radius 3 is 2.50 bits per heavy atom. The Morgan fingerprint density at radius 2 is 1.81 bits per heavy atom. The molecule has 3 N–H and O–H groups in total. The lowest BCUT2D eigenvalue weighted by Crippen LogP contribution is -2.34. The van der Waals surface area contributed by atoms with Crippen molar-refractivity contribution in [3.63, 3.8) is 0 Å². The third-order valence-electron chi connectivity index (χ3n) is 4.30. The van der Waals surface area contributed by atoms with Crippen LogP contribution in [-0.2, 0) is 0 Å². The molecule has 0 aliphatic carbocycles. The molecule has 32 heavy (non-hydrogen) atoms. The number of benzene rings is 2. The Morgan fingerprint density at radius 1 is 1.03 bits per heavy atom. The molecule has 2 amide bonds. The van der Waals surface area contributed by atoms with Gasteiger partial charge in [-0.25, -0.2) is 0 Å². The minimum absolute atomic E-state index is 0.129. The molecule has 1 aromatic heterocycles. The summed E-state index contributed by atoms with van der Waals surface area (Å²) < 4.78 is 11.5. The molecule has 7 nitrogen and oxygen atoms in total. The van der Waals surface area contributed by atoms with E-state index < -0.39 is 0 Å². The van der Waals surface area contributed by atoms with E-state index >= 15 is 0 Å². The molecular weight excluding hydrogens is 494 g/mol. The second-order valence-electron chi connectivity index (χ2n) is 6.77. The monoisotopic (exact) mass is 515 g/mol. The van der Waals surface area contributed by atoms with Crippen LogP contribution in [0.2, 0.25) is 0 Å². The first-order valence-electron chi connectivity index (χ1n) is 9.96. The van der Waals surface area contributed by atoms with Gasteiger partial charge in [0, 0.05) is 16.9 Å². The van der Waals surface area contributed by atoms with E-state index in [-0.39, 0.29) is 22.7 Å². The average Bonchev–Trinajstić information content (AvgIpc) is 3.30. The Kier molecular flexibility index (Phi) is 8.41. The second kappa shape index (κ2) is 11.4. The van der Waals surface area contributed by atoms with Gasteiger partial charge in [-0.05, 0) is 83.1 Å². The first-order valence-corrected chi connectivity index (χ1v) is 11.2. The van der Waals surface area contributed by atoms with E-state index in [1.165, 1.54) is 6.26 Å². The van der Waals surface area contributed by atoms with Crippen LogP contribution < -0.4 is 20.7 Å². The maximum atomic E-state index is 12.5. The number of ether oxygens (including phenoxy) is 1. The second-order valence-corrected chi connectivity index (χ2v) is 8.03. The number of furan rings is 1. The summed E-state index contributed by atoms with van der Waals surface area (Å²) in [6.45, 7) is 2.71. The van der Waals surface area contributed by atoms with E-state index in [2.05, 4.69) is 38.8 Å². The van der Waals surface area contributed by atoms with Crippen molar-refractivity contribution in [2.75, 3.05) is 17.2 Å². The number of amides is 2. The van der Waals surface area contributed by atoms with Crippen LogP contribution in [0.25, 0.3) is 0 Å². The number of anilines is 2. The number of rotatable bonds is 8. The van der Waals surface area contributed by atoms with Crippen molar-refractivity contribution in [3.05, 3.63) is 76.7 Å². The molecule has 166 valence electrons. The smallest absolute Gasteiger partial charge is 0.291 e. The van der Waals surface area contributed by atoms with Crippen LogP contribution in [0.15, 0.2) is 69.8 Å². The number of halogens is 1. The number of thiocarbonyl (C=S) groups is 1. The molecule has 0 unspecified atom stereocenters. The summed E-state index contributed by atoms with van der Waals surface area (Å²) in [4.78, 5) is 24.7. The lowest BCUT2D eigenvalue weighted by Gasteiger charge is -2.12. The van der Waals surface area contributed by atoms with Crippen LogP contribution in [0.1, 0.15) is 40.7 Å². The van der Waals surface area contributed by atoms with E-state index in [9.17, 15) is 9.59 Å². The fraction of sp³-hybridized carbons (Fsp3) is 0.174. The van der Waals surface area contributed by atoms with Crippen molar-refractivity contribution >= 4 is 56.4 Å². The summed E-state index contributed by atoms with van der Waals surface area (Å²) in [6, 6.07) is 15.3. The Balaban J connectivity index is 1.56. The van der Waals surface area contributed by atoms with Crippen molar-refractivity contribution in [2.45, 2.75) is 19.8 Å². The van der Waals surface area contributed by atoms with Gasteiger partial charge in [0.1, 0.15) is 5.75 Å². The van der Waals surface area contributed by atoms with Crippen molar-refractivity contribution < 1.29 is 18.7 Å². The van der Waals surface area contributed by atoms with Gasteiger partial charge >= 0.3 is 0 Å². The maximum absolute atomic E-state index is 12.5. The van der Waals surface area contributed by atoms with Crippen molar-refractivity contribution in [3.8, 4) is 5.75 Å². The van der Waals surface area contributed by atoms with Gasteiger partial charge in [0.2, 0.25) is 0 Å². The molecule has 3 aromatic rings. The van der Waals surface area contributed by atoms with Gasteiger partial charge in [0.15, 0.2) is 10.9 Å². The van der Waals surface area contributed by atoms with Crippen molar-refractivity contribution in [1.82, 2.24) is 5.32 Å². The number of carbonyl (C=O) groups excluding carboxylic acids is 2. The van der Waals surface area contributed by atoms with Crippen LogP contribution in [-0.4, -0.2) is 23.5 Å². The molecule has 0 saturated heterocycles. The molecule has 0 radical (unpaired) electrons. The van der Waals surface area contributed by atoms with Gasteiger partial charge < -0.3 is 19.8 Å². The quantitative estimate of drug-likeness (QED) is 0.267. The molecule has 0 aliphatic rings. The normalized spacial score (nSPS) is 10.3. The van der Waals surface area contributed by atoms with Crippen molar-refractivity contribution in [2.24, 2.45) is 0 Å². The SMILES string of the molecule is CCCCOc1ccc(C(=O)NC(=S)Nc2cccc(NC(=O)c3ccco3)c2)cc1Br. The van der Waals surface area contributed by atoms with Gasteiger partial charge in [-0.15, -0.1) is 0 Å². The van der Waals surface area contributed by atoms with E-state index in [4.69, 9.17) is 21.4 Å². The first-order chi connectivity index (χ1) is 15.5. The lowest BCUT2D eigenvalue weighted by atomic mass is 10.2. The summed E-state index contributed by atoms with van der Waals surface area (Å²) in [7, 11) is 0. The topological polar surface area (TPSA) is 92.6 Å². The first kappa shape index (κ1) is 23.5. The summed E-state index contributed by atoms with van der Waals surface area (Å²) in [5.41, 5.74) is 1.59. The molecule has 2 aromatic carbocycles. The predicted octanol–water partition coefficient (Wildman–Crippen LogP) is 5.60. The van der Waals surface area contributed by atoms with Crippen LogP contribution in [0.3, 0.4) is 0 Å². The minimum atomic E-state index is -0.365. The average molecular weight is 516 g/mol. The number of nitrogens with one attached hydrogen (secondary N) is 3. The molecule has 9 heteroatoms. The third kappa shape index (κ3) is 6.66. The van der Waals surface area contributed by atoms with E-state index in [0.717, 1.165) is 12.8 Å². The van der Waals surface area contributed by atoms with Crippen molar-refractivity contribution in [1.29, 1.82) is 0 Å². The fourth-order valence-corrected chi connectivity index (χ4v) is 3.40. The van der Waals surface area contributed by atoms with Gasteiger partial charge in [-0.3, -0.25) is 14.9 Å². The highest BCUT2D eigenvalue weighted by Crippen LogP contribution is 2.26. The van der Waals surface area contributed by atoms with Crippen LogP contribution in [0, 0.1) is 0 Å². The number of hydrogen-bond donors (Lipinski definition) is 3. The molecule has 0 atom stereocenters. The zero-order chi connectivity index (χ0) is 22.9. The maximum Gasteiger partial charge on any atom is 0.291 e. The van der Waals surface area contributed by atoms with E-state index in [1.54, 1.807) is 54.6 Å². The van der Waals surface area contributed by atoms with Crippen LogP contribution in [0.4, 0.5) is 11.4 Å². The number of hydrogen-bond acceptors (Lipinski definition) is 5. The molecular formula is C23H22BrN3O4S. The Bertz CT molecular complexity index is 1100. The predicted molar refractivity (Wildman–Crippen MR) is 131 cm³/mol. The van der Waals surface area contributed by atoms with E-state index in [0.29, 0.717) is 33.8 Å². The standard InChI is InChI=1S/C23H22BrN3O4S/c1-2-3-11-30-19-10-9-15(13-18(19)24)21(28)27-23(32)26-17-7-4-6-16(14-17)25-22(29)20-8-5-12-31-20/h4-10,12-14H,2-3,11H2,1H3,(H,25,29)(H2,26,27,28,32). The highest BCUT2D eigenvalue weighted by atomic mass is 79.9. The molecule has 3 rings (SSSR count). The summed E-state index contributed by atoms with van der Waals surface area (Å²) in [6.07, 6.45) is 3.43. The number of unbranched alkanes of at least 4 members (excludes halogenated alkanes) is 1. The van der Waals surface area contributed by atoms with Gasteiger partial charge in [-0.1, -0.05) is 19.4 Å². The molecule has 0 fully saturated rings. The zero-order valence-corrected chi connectivity index (χ0v) is 19.7. The molecule has 0 saturated carbocycles. The zero-order valence-electron chi connectivity index (χ0n) is 17.3. The molecule has 0 aliphatic heterocycles. The fourth-order valence-electron chi connectivity index (χ4n) is 2.70. The molecule has 0 spiro atoms. The van der Waals surface area contributed by atoms with Gasteiger partial charge in [0.25, 0.3) is 11.8 Å². The summed E-state index contributed by atoms with van der Waals surface area (Å²) in [5.74, 6) is 0.171. The van der Waals surface area contributed by atoms with E-state index in [1.807, 2.05) is 0 Å².